The molecule has 0 atom stereocenters. The summed E-state index contributed by atoms with van der Waals surface area (Å²) in [5, 5.41) is 0. The molecule has 0 N–H and O–H groups in total. The van der Waals surface area contributed by atoms with Crippen LogP contribution in [0.15, 0.2) is 49.7 Å². The van der Waals surface area contributed by atoms with Crippen molar-refractivity contribution in [3.05, 3.63) is 83.2 Å². The number of rotatable bonds is 7. The summed E-state index contributed by atoms with van der Waals surface area (Å²) in [4.78, 5) is 7.13. The Kier molecular flexibility index (Phi) is 9.36. The lowest BCUT2D eigenvalue weighted by Gasteiger charge is -2.34. The van der Waals surface area contributed by atoms with Crippen molar-refractivity contribution < 1.29 is 0 Å². The Hall–Kier alpha value is -2.35. The maximum Gasteiger partial charge on any atom is 0.0405 e. The van der Waals surface area contributed by atoms with Crippen LogP contribution in [0.5, 0.6) is 0 Å². The highest BCUT2D eigenvalue weighted by Crippen LogP contribution is 2.27. The molecular weight excluding hydrogens is 364 g/mol. The third-order valence-electron chi connectivity index (χ3n) is 6.31. The first-order valence-corrected chi connectivity index (χ1v) is 11.5. The Morgan fingerprint density at radius 3 is 2.33 bits per heavy atom. The standard InChI is InChI=1S/C26H34N2.C2H6/c1-6-8-23-13-15-28(16-14-23)22(5)25-17-24(21(4)27-18-25)11-12-26-19(2)9-7-10-20(26)3;1-2/h6-7,9-10,17-18,23H,1,5,8,11-16H2,2-4H3;1-2H3. The van der Waals surface area contributed by atoms with Crippen LogP contribution in [0.4, 0.5) is 0 Å². The molecule has 0 saturated carbocycles. The minimum absolute atomic E-state index is 0.783. The predicted molar refractivity (Wildman–Crippen MR) is 132 cm³/mol. The molecular formula is C28H40N2. The molecule has 2 nitrogen and oxygen atoms in total. The molecule has 0 amide bonds. The van der Waals surface area contributed by atoms with E-state index in [1.165, 1.54) is 40.7 Å². The van der Waals surface area contributed by atoms with Gasteiger partial charge in [-0.25, -0.2) is 0 Å². The molecule has 1 fully saturated rings. The van der Waals surface area contributed by atoms with Crippen molar-refractivity contribution >= 4 is 5.70 Å². The van der Waals surface area contributed by atoms with E-state index in [0.29, 0.717) is 0 Å². The van der Waals surface area contributed by atoms with Gasteiger partial charge in [0.2, 0.25) is 0 Å². The predicted octanol–water partition coefficient (Wildman–Crippen LogP) is 7.08. The molecule has 0 spiro atoms. The van der Waals surface area contributed by atoms with E-state index < -0.39 is 0 Å². The van der Waals surface area contributed by atoms with Crippen LogP contribution in [0.25, 0.3) is 5.70 Å². The third kappa shape index (κ3) is 6.08. The third-order valence-corrected chi connectivity index (χ3v) is 6.31. The molecule has 1 saturated heterocycles. The van der Waals surface area contributed by atoms with Gasteiger partial charge in [0.15, 0.2) is 0 Å². The summed E-state index contributed by atoms with van der Waals surface area (Å²) in [6.45, 7) is 21.0. The monoisotopic (exact) mass is 404 g/mol. The molecule has 0 unspecified atom stereocenters. The molecule has 0 bridgehead atoms. The highest BCUT2D eigenvalue weighted by Gasteiger charge is 2.20. The number of hydrogen-bond acceptors (Lipinski definition) is 2. The summed E-state index contributed by atoms with van der Waals surface area (Å²) in [6.07, 6.45) is 9.72. The van der Waals surface area contributed by atoms with Crippen LogP contribution in [-0.4, -0.2) is 23.0 Å². The molecule has 1 aromatic carbocycles. The van der Waals surface area contributed by atoms with Crippen molar-refractivity contribution in [2.24, 2.45) is 5.92 Å². The van der Waals surface area contributed by atoms with E-state index in [9.17, 15) is 0 Å². The van der Waals surface area contributed by atoms with E-state index in [4.69, 9.17) is 4.98 Å². The van der Waals surface area contributed by atoms with Crippen LogP contribution in [0.3, 0.4) is 0 Å². The van der Waals surface area contributed by atoms with Crippen LogP contribution < -0.4 is 0 Å². The van der Waals surface area contributed by atoms with Crippen LogP contribution >= 0.6 is 0 Å². The summed E-state index contributed by atoms with van der Waals surface area (Å²) in [5.74, 6) is 0.783. The Morgan fingerprint density at radius 2 is 1.73 bits per heavy atom. The van der Waals surface area contributed by atoms with Crippen molar-refractivity contribution in [1.29, 1.82) is 0 Å². The normalized spacial score (nSPS) is 14.1. The summed E-state index contributed by atoms with van der Waals surface area (Å²) >= 11 is 0. The van der Waals surface area contributed by atoms with E-state index in [1.54, 1.807) is 0 Å². The molecule has 162 valence electrons. The zero-order chi connectivity index (χ0) is 22.1. The van der Waals surface area contributed by atoms with Crippen molar-refractivity contribution in [3.8, 4) is 0 Å². The number of aromatic nitrogens is 1. The SMILES string of the molecule is C=CCC1CCN(C(=C)c2cnc(C)c(CCc3c(C)cccc3C)c2)CC1.CC. The molecule has 1 aromatic heterocycles. The molecule has 1 aliphatic rings. The van der Waals surface area contributed by atoms with Gasteiger partial charge in [0.25, 0.3) is 0 Å². The summed E-state index contributed by atoms with van der Waals surface area (Å²) in [6, 6.07) is 8.88. The lowest BCUT2D eigenvalue weighted by molar-refractivity contribution is 0.257. The van der Waals surface area contributed by atoms with E-state index >= 15 is 0 Å². The number of allylic oxidation sites excluding steroid dienone is 1. The van der Waals surface area contributed by atoms with Crippen LogP contribution in [0.1, 0.15) is 66.6 Å². The van der Waals surface area contributed by atoms with Gasteiger partial charge >= 0.3 is 0 Å². The zero-order valence-electron chi connectivity index (χ0n) is 19.8. The highest BCUT2D eigenvalue weighted by atomic mass is 15.1. The maximum absolute atomic E-state index is 4.70. The Bertz CT molecular complexity index is 821. The largest absolute Gasteiger partial charge is 0.371 e. The second-order valence-corrected chi connectivity index (χ2v) is 8.24. The van der Waals surface area contributed by atoms with Gasteiger partial charge < -0.3 is 4.90 Å². The van der Waals surface area contributed by atoms with Gasteiger partial charge in [0.05, 0.1) is 0 Å². The van der Waals surface area contributed by atoms with Gasteiger partial charge in [-0.2, -0.15) is 0 Å². The smallest absolute Gasteiger partial charge is 0.0405 e. The molecule has 0 aliphatic carbocycles. The molecule has 2 heteroatoms. The highest BCUT2D eigenvalue weighted by molar-refractivity contribution is 5.62. The quantitative estimate of drug-likeness (QED) is 0.458. The fourth-order valence-corrected chi connectivity index (χ4v) is 4.35. The van der Waals surface area contributed by atoms with Gasteiger partial charge in [0, 0.05) is 36.2 Å². The van der Waals surface area contributed by atoms with Gasteiger partial charge in [-0.15, -0.1) is 6.58 Å². The summed E-state index contributed by atoms with van der Waals surface area (Å²) in [5.41, 5.74) is 9.00. The van der Waals surface area contributed by atoms with Gasteiger partial charge in [-0.3, -0.25) is 4.98 Å². The average molecular weight is 405 g/mol. The summed E-state index contributed by atoms with van der Waals surface area (Å²) < 4.78 is 0. The van der Waals surface area contributed by atoms with E-state index in [0.717, 1.165) is 49.7 Å². The van der Waals surface area contributed by atoms with E-state index in [2.05, 4.69) is 69.2 Å². The maximum atomic E-state index is 4.70. The number of benzene rings is 1. The first-order chi connectivity index (χ1) is 14.5. The van der Waals surface area contributed by atoms with E-state index in [1.807, 2.05) is 20.0 Å². The topological polar surface area (TPSA) is 16.1 Å². The fourth-order valence-electron chi connectivity index (χ4n) is 4.35. The summed E-state index contributed by atoms with van der Waals surface area (Å²) in [7, 11) is 0. The average Bonchev–Trinajstić information content (AvgIpc) is 2.76. The molecule has 0 radical (unpaired) electrons. The molecule has 3 rings (SSSR count). The lowest BCUT2D eigenvalue weighted by atomic mass is 9.92. The Morgan fingerprint density at radius 1 is 1.10 bits per heavy atom. The minimum Gasteiger partial charge on any atom is -0.371 e. The number of aryl methyl sites for hydroxylation is 4. The van der Waals surface area contributed by atoms with Crippen molar-refractivity contribution in [2.75, 3.05) is 13.1 Å². The first kappa shape index (κ1) is 23.9. The minimum atomic E-state index is 0.783. The number of likely N-dealkylation sites (tertiary alicyclic amines) is 1. The number of nitrogens with zero attached hydrogens (tertiary/aromatic N) is 2. The Labute approximate surface area is 184 Å². The molecule has 2 heterocycles. The lowest BCUT2D eigenvalue weighted by Crippen LogP contribution is -2.32. The van der Waals surface area contributed by atoms with Crippen molar-refractivity contribution in [1.82, 2.24) is 9.88 Å². The molecule has 30 heavy (non-hydrogen) atoms. The van der Waals surface area contributed by atoms with Gasteiger partial charge in [-0.1, -0.05) is 44.7 Å². The van der Waals surface area contributed by atoms with Gasteiger partial charge in [-0.05, 0) is 87.1 Å². The van der Waals surface area contributed by atoms with Crippen LogP contribution in [0.2, 0.25) is 0 Å². The number of pyridine rings is 1. The number of piperidine rings is 1. The van der Waals surface area contributed by atoms with Crippen molar-refractivity contribution in [3.63, 3.8) is 0 Å². The molecule has 1 aliphatic heterocycles. The first-order valence-electron chi connectivity index (χ1n) is 11.5. The van der Waals surface area contributed by atoms with Crippen LogP contribution in [0, 0.1) is 26.7 Å². The second kappa shape index (κ2) is 11.7. The van der Waals surface area contributed by atoms with Gasteiger partial charge in [0.1, 0.15) is 0 Å². The van der Waals surface area contributed by atoms with Crippen molar-refractivity contribution in [2.45, 2.75) is 66.7 Å². The zero-order valence-corrected chi connectivity index (χ0v) is 19.8. The second-order valence-electron chi connectivity index (χ2n) is 8.24. The molecule has 2 aromatic rings. The number of hydrogen-bond donors (Lipinski definition) is 0. The Balaban J connectivity index is 0.00000155. The van der Waals surface area contributed by atoms with Crippen LogP contribution in [-0.2, 0) is 12.8 Å². The van der Waals surface area contributed by atoms with E-state index in [-0.39, 0.29) is 0 Å². The fraction of sp³-hybridized carbons (Fsp3) is 0.464.